The van der Waals surface area contributed by atoms with Crippen LogP contribution in [0.3, 0.4) is 0 Å². The van der Waals surface area contributed by atoms with Gasteiger partial charge in [-0.05, 0) is 24.6 Å². The number of amides is 1. The maximum Gasteiger partial charge on any atom is 0.227 e. The molecule has 0 saturated carbocycles. The van der Waals surface area contributed by atoms with Crippen LogP contribution >= 0.6 is 0 Å². The third-order valence-electron chi connectivity index (χ3n) is 3.01. The van der Waals surface area contributed by atoms with Gasteiger partial charge in [0.15, 0.2) is 0 Å². The summed E-state index contributed by atoms with van der Waals surface area (Å²) in [5.41, 5.74) is 8.44. The number of anilines is 2. The topological polar surface area (TPSA) is 46.3 Å². The quantitative estimate of drug-likeness (QED) is 0.608. The Balaban J connectivity index is 2.34. The average molecular weight is 216 g/mol. The van der Waals surface area contributed by atoms with Gasteiger partial charge in [0.25, 0.3) is 0 Å². The number of nitrogen functional groups attached to an aromatic ring is 1. The predicted molar refractivity (Wildman–Crippen MR) is 66.2 cm³/mol. The predicted octanol–water partition coefficient (Wildman–Crippen LogP) is 2.12. The van der Waals surface area contributed by atoms with Gasteiger partial charge in [-0.15, -0.1) is 6.58 Å². The van der Waals surface area contributed by atoms with Crippen molar-refractivity contribution in [1.29, 1.82) is 0 Å². The van der Waals surface area contributed by atoms with Gasteiger partial charge in [0.05, 0.1) is 0 Å². The summed E-state index contributed by atoms with van der Waals surface area (Å²) >= 11 is 0. The van der Waals surface area contributed by atoms with Gasteiger partial charge < -0.3 is 10.6 Å². The molecule has 1 aliphatic heterocycles. The fourth-order valence-corrected chi connectivity index (χ4v) is 2.04. The summed E-state index contributed by atoms with van der Waals surface area (Å²) in [6, 6.07) is 5.66. The number of hydrogen-bond acceptors (Lipinski definition) is 2. The van der Waals surface area contributed by atoms with Gasteiger partial charge in [0.1, 0.15) is 0 Å². The van der Waals surface area contributed by atoms with E-state index in [1.165, 1.54) is 0 Å². The van der Waals surface area contributed by atoms with Crippen LogP contribution in [0.2, 0.25) is 0 Å². The highest BCUT2D eigenvalue weighted by Crippen LogP contribution is 2.29. The average Bonchev–Trinajstić information content (AvgIpc) is 2.63. The van der Waals surface area contributed by atoms with Gasteiger partial charge in [0.2, 0.25) is 5.91 Å². The molecule has 16 heavy (non-hydrogen) atoms. The van der Waals surface area contributed by atoms with Crippen molar-refractivity contribution in [2.24, 2.45) is 5.92 Å². The standard InChI is InChI=1S/C13H16N2O/c1-3-10-6-13(16)15(8-10)12-7-11(14)5-4-9(12)2/h3-5,7,10H,1,6,8,14H2,2H3. The smallest absolute Gasteiger partial charge is 0.227 e. The van der Waals surface area contributed by atoms with Crippen molar-refractivity contribution in [1.82, 2.24) is 0 Å². The number of hydrogen-bond donors (Lipinski definition) is 1. The lowest BCUT2D eigenvalue weighted by molar-refractivity contribution is -0.117. The monoisotopic (exact) mass is 216 g/mol. The molecular weight excluding hydrogens is 200 g/mol. The number of nitrogens with zero attached hydrogens (tertiary/aromatic N) is 1. The summed E-state index contributed by atoms with van der Waals surface area (Å²) in [4.78, 5) is 13.6. The molecule has 3 nitrogen and oxygen atoms in total. The van der Waals surface area contributed by atoms with E-state index in [1.807, 2.05) is 31.2 Å². The highest BCUT2D eigenvalue weighted by Gasteiger charge is 2.29. The summed E-state index contributed by atoms with van der Waals surface area (Å²) in [6.07, 6.45) is 2.40. The molecule has 1 amide bonds. The molecule has 1 aromatic carbocycles. The molecule has 0 bridgehead atoms. The molecule has 1 unspecified atom stereocenters. The van der Waals surface area contributed by atoms with Gasteiger partial charge in [-0.2, -0.15) is 0 Å². The first-order valence-corrected chi connectivity index (χ1v) is 5.41. The zero-order valence-corrected chi connectivity index (χ0v) is 9.44. The van der Waals surface area contributed by atoms with Gasteiger partial charge in [-0.25, -0.2) is 0 Å². The van der Waals surface area contributed by atoms with Crippen molar-refractivity contribution in [2.45, 2.75) is 13.3 Å². The van der Waals surface area contributed by atoms with E-state index in [2.05, 4.69) is 6.58 Å². The van der Waals surface area contributed by atoms with Crippen LogP contribution in [0.5, 0.6) is 0 Å². The largest absolute Gasteiger partial charge is 0.399 e. The number of nitrogens with two attached hydrogens (primary N) is 1. The Kier molecular flexibility index (Phi) is 2.69. The van der Waals surface area contributed by atoms with E-state index in [0.29, 0.717) is 18.7 Å². The first kappa shape index (κ1) is 10.7. The normalized spacial score (nSPS) is 20.2. The molecule has 0 spiro atoms. The Labute approximate surface area is 95.6 Å². The molecule has 2 rings (SSSR count). The second kappa shape index (κ2) is 4.00. The van der Waals surface area contributed by atoms with Gasteiger partial charge in [0, 0.05) is 30.3 Å². The third-order valence-corrected chi connectivity index (χ3v) is 3.01. The van der Waals surface area contributed by atoms with Crippen LogP contribution in [-0.4, -0.2) is 12.5 Å². The second-order valence-corrected chi connectivity index (χ2v) is 4.25. The fourth-order valence-electron chi connectivity index (χ4n) is 2.04. The third kappa shape index (κ3) is 1.81. The van der Waals surface area contributed by atoms with Crippen LogP contribution in [0.4, 0.5) is 11.4 Å². The summed E-state index contributed by atoms with van der Waals surface area (Å²) in [6.45, 7) is 6.45. The number of aryl methyl sites for hydroxylation is 1. The summed E-state index contributed by atoms with van der Waals surface area (Å²) in [5.74, 6) is 0.409. The first-order chi connectivity index (χ1) is 7.61. The van der Waals surface area contributed by atoms with Gasteiger partial charge in [-0.1, -0.05) is 12.1 Å². The molecule has 1 aromatic rings. The second-order valence-electron chi connectivity index (χ2n) is 4.25. The van der Waals surface area contributed by atoms with Crippen LogP contribution in [0.15, 0.2) is 30.9 Å². The van der Waals surface area contributed by atoms with Crippen LogP contribution in [0, 0.1) is 12.8 Å². The Bertz CT molecular complexity index is 440. The lowest BCUT2D eigenvalue weighted by Crippen LogP contribution is -2.25. The van der Waals surface area contributed by atoms with Crippen molar-refractivity contribution in [3.63, 3.8) is 0 Å². The zero-order chi connectivity index (χ0) is 11.7. The lowest BCUT2D eigenvalue weighted by atomic mass is 10.1. The Hall–Kier alpha value is -1.77. The number of carbonyl (C=O) groups excluding carboxylic acids is 1. The molecule has 0 radical (unpaired) electrons. The maximum absolute atomic E-state index is 11.8. The van der Waals surface area contributed by atoms with Crippen LogP contribution in [-0.2, 0) is 4.79 Å². The van der Waals surface area contributed by atoms with E-state index in [4.69, 9.17) is 5.73 Å². The highest BCUT2D eigenvalue weighted by molar-refractivity contribution is 5.97. The van der Waals surface area contributed by atoms with Crippen LogP contribution in [0.1, 0.15) is 12.0 Å². The summed E-state index contributed by atoms with van der Waals surface area (Å²) in [7, 11) is 0. The molecule has 3 heteroatoms. The minimum atomic E-state index is 0.151. The number of benzene rings is 1. The molecule has 1 aliphatic rings. The van der Waals surface area contributed by atoms with E-state index in [1.54, 1.807) is 4.90 Å². The van der Waals surface area contributed by atoms with E-state index in [0.717, 1.165) is 11.3 Å². The Morgan fingerprint density at radius 2 is 2.31 bits per heavy atom. The molecule has 0 aromatic heterocycles. The molecule has 2 N–H and O–H groups in total. The molecule has 1 heterocycles. The minimum Gasteiger partial charge on any atom is -0.399 e. The van der Waals surface area contributed by atoms with Crippen molar-refractivity contribution < 1.29 is 4.79 Å². The molecule has 1 fully saturated rings. The maximum atomic E-state index is 11.8. The summed E-state index contributed by atoms with van der Waals surface area (Å²) in [5, 5.41) is 0. The van der Waals surface area contributed by atoms with Crippen LogP contribution in [0.25, 0.3) is 0 Å². The van der Waals surface area contributed by atoms with Crippen molar-refractivity contribution in [3.05, 3.63) is 36.4 Å². The van der Waals surface area contributed by atoms with Crippen LogP contribution < -0.4 is 10.6 Å². The Morgan fingerprint density at radius 3 is 2.94 bits per heavy atom. The van der Waals surface area contributed by atoms with E-state index >= 15 is 0 Å². The number of rotatable bonds is 2. The van der Waals surface area contributed by atoms with Crippen molar-refractivity contribution in [3.8, 4) is 0 Å². The van der Waals surface area contributed by atoms with E-state index in [-0.39, 0.29) is 11.8 Å². The molecule has 0 aliphatic carbocycles. The van der Waals surface area contributed by atoms with Crippen molar-refractivity contribution in [2.75, 3.05) is 17.2 Å². The molecular formula is C13H16N2O. The zero-order valence-electron chi connectivity index (χ0n) is 9.44. The molecule has 1 atom stereocenters. The number of carbonyl (C=O) groups is 1. The highest BCUT2D eigenvalue weighted by atomic mass is 16.2. The van der Waals surface area contributed by atoms with E-state index in [9.17, 15) is 4.79 Å². The first-order valence-electron chi connectivity index (χ1n) is 5.41. The van der Waals surface area contributed by atoms with Gasteiger partial charge >= 0.3 is 0 Å². The SMILES string of the molecule is C=CC1CC(=O)N(c2cc(N)ccc2C)C1. The summed E-state index contributed by atoms with van der Waals surface area (Å²) < 4.78 is 0. The lowest BCUT2D eigenvalue weighted by Gasteiger charge is -2.19. The molecule has 1 saturated heterocycles. The molecule has 84 valence electrons. The van der Waals surface area contributed by atoms with E-state index < -0.39 is 0 Å². The fraction of sp³-hybridized carbons (Fsp3) is 0.308. The van der Waals surface area contributed by atoms with Gasteiger partial charge in [-0.3, -0.25) is 4.79 Å². The Morgan fingerprint density at radius 1 is 1.56 bits per heavy atom. The van der Waals surface area contributed by atoms with Crippen molar-refractivity contribution >= 4 is 17.3 Å². The minimum absolute atomic E-state index is 0.151.